The summed E-state index contributed by atoms with van der Waals surface area (Å²) in [5.74, 6) is -0.0455. The van der Waals surface area contributed by atoms with Crippen LogP contribution in [0.2, 0.25) is 0 Å². The third-order valence-electron chi connectivity index (χ3n) is 2.17. The summed E-state index contributed by atoms with van der Waals surface area (Å²) < 4.78 is 1.11. The van der Waals surface area contributed by atoms with Crippen molar-refractivity contribution in [1.29, 1.82) is 0 Å². The van der Waals surface area contributed by atoms with Gasteiger partial charge < -0.3 is 10.9 Å². The third kappa shape index (κ3) is 1.62. The van der Waals surface area contributed by atoms with Gasteiger partial charge in [0.25, 0.3) is 5.56 Å². The fraction of sp³-hybridized carbons (Fsp3) is 0.125. The molecule has 0 unspecified atom stereocenters. The first-order valence-electron chi connectivity index (χ1n) is 4.48. The minimum Gasteiger partial charge on any atom is -0.411 e. The van der Waals surface area contributed by atoms with E-state index in [1.54, 1.807) is 0 Å². The Hall–Kier alpha value is -2.71. The Morgan fingerprint density at radius 1 is 1.47 bits per heavy atom. The van der Waals surface area contributed by atoms with Gasteiger partial charge in [-0.05, 0) is 0 Å². The predicted octanol–water partition coefficient (Wildman–Crippen LogP) is -1.59. The van der Waals surface area contributed by atoms with Gasteiger partial charge in [-0.2, -0.15) is 0 Å². The lowest BCUT2D eigenvalue weighted by Gasteiger charge is -2.04. The van der Waals surface area contributed by atoms with E-state index >= 15 is 0 Å². The van der Waals surface area contributed by atoms with Crippen LogP contribution in [0.5, 0.6) is 0 Å². The van der Waals surface area contributed by atoms with Gasteiger partial charge in [0.05, 0.1) is 6.21 Å². The molecule has 2 aromatic heterocycles. The summed E-state index contributed by atoms with van der Waals surface area (Å²) in [7, 11) is 1.43. The summed E-state index contributed by atoms with van der Waals surface area (Å²) >= 11 is 0. The van der Waals surface area contributed by atoms with Gasteiger partial charge >= 0.3 is 5.69 Å². The monoisotopic (exact) mass is 236 g/mol. The number of aryl methyl sites for hydroxylation is 1. The van der Waals surface area contributed by atoms with Gasteiger partial charge in [0.1, 0.15) is 5.69 Å². The molecule has 0 saturated heterocycles. The molecule has 0 aliphatic rings. The molecule has 0 aromatic carbocycles. The van der Waals surface area contributed by atoms with Crippen molar-refractivity contribution in [2.45, 2.75) is 0 Å². The number of nitrogens with two attached hydrogens (primary N) is 1. The van der Waals surface area contributed by atoms with Crippen LogP contribution in [0.4, 0.5) is 5.82 Å². The summed E-state index contributed by atoms with van der Waals surface area (Å²) in [6, 6.07) is 0. The molecule has 0 spiro atoms. The lowest BCUT2D eigenvalue weighted by Crippen LogP contribution is -2.30. The molecule has 0 fully saturated rings. The van der Waals surface area contributed by atoms with E-state index in [1.807, 2.05) is 0 Å². The maximum Gasteiger partial charge on any atom is 0.329 e. The Morgan fingerprint density at radius 2 is 2.18 bits per heavy atom. The summed E-state index contributed by atoms with van der Waals surface area (Å²) in [6.45, 7) is 0. The molecule has 88 valence electrons. The molecule has 2 rings (SSSR count). The first-order valence-corrected chi connectivity index (χ1v) is 4.48. The second-order valence-corrected chi connectivity index (χ2v) is 3.23. The molecule has 0 amide bonds. The van der Waals surface area contributed by atoms with E-state index < -0.39 is 11.2 Å². The van der Waals surface area contributed by atoms with E-state index in [-0.39, 0.29) is 22.7 Å². The number of oxime groups is 1. The highest BCUT2D eigenvalue weighted by atomic mass is 16.4. The summed E-state index contributed by atoms with van der Waals surface area (Å²) in [4.78, 5) is 32.6. The van der Waals surface area contributed by atoms with Gasteiger partial charge in [-0.15, -0.1) is 0 Å². The van der Waals surface area contributed by atoms with E-state index in [4.69, 9.17) is 10.9 Å². The van der Waals surface area contributed by atoms with E-state index in [1.165, 1.54) is 7.05 Å². The van der Waals surface area contributed by atoms with Crippen LogP contribution in [-0.4, -0.2) is 30.9 Å². The number of anilines is 1. The second kappa shape index (κ2) is 3.70. The van der Waals surface area contributed by atoms with Crippen molar-refractivity contribution in [3.05, 3.63) is 26.5 Å². The summed E-state index contributed by atoms with van der Waals surface area (Å²) in [6.07, 6.45) is 0.951. The number of hydrogen-bond acceptors (Lipinski definition) is 7. The maximum atomic E-state index is 11.5. The number of nitrogens with zero attached hydrogens (tertiary/aromatic N) is 4. The molecular weight excluding hydrogens is 228 g/mol. The van der Waals surface area contributed by atoms with Crippen LogP contribution in [0.1, 0.15) is 5.69 Å². The average Bonchev–Trinajstić information content (AvgIpc) is 2.28. The highest BCUT2D eigenvalue weighted by molar-refractivity contribution is 5.86. The van der Waals surface area contributed by atoms with Crippen LogP contribution in [0, 0.1) is 0 Å². The third-order valence-corrected chi connectivity index (χ3v) is 2.17. The number of nitrogen functional groups attached to an aromatic ring is 1. The van der Waals surface area contributed by atoms with Gasteiger partial charge in [-0.25, -0.2) is 14.8 Å². The molecule has 17 heavy (non-hydrogen) atoms. The van der Waals surface area contributed by atoms with E-state index in [9.17, 15) is 9.59 Å². The van der Waals surface area contributed by atoms with Crippen molar-refractivity contribution in [3.63, 3.8) is 0 Å². The molecule has 0 atom stereocenters. The van der Waals surface area contributed by atoms with Gasteiger partial charge in [-0.1, -0.05) is 5.16 Å². The number of aromatic amines is 1. The van der Waals surface area contributed by atoms with Crippen LogP contribution in [0.25, 0.3) is 11.2 Å². The SMILES string of the molecule is Cn1c(=O)[nH]c(=O)c2nc(/C=N/O)c(N)nc21. The minimum absolute atomic E-state index is 0.0455. The molecule has 4 N–H and O–H groups in total. The Labute approximate surface area is 93.2 Å². The fourth-order valence-electron chi connectivity index (χ4n) is 1.32. The van der Waals surface area contributed by atoms with Crippen LogP contribution in [-0.2, 0) is 7.05 Å². The quantitative estimate of drug-likeness (QED) is 0.310. The molecule has 9 heteroatoms. The van der Waals surface area contributed by atoms with Crippen molar-refractivity contribution in [1.82, 2.24) is 19.5 Å². The minimum atomic E-state index is -0.678. The summed E-state index contributed by atoms with van der Waals surface area (Å²) in [5.41, 5.74) is 4.30. The predicted molar refractivity (Wildman–Crippen MR) is 59.2 cm³/mol. The number of fused-ring (bicyclic) bond motifs is 1. The van der Waals surface area contributed by atoms with Crippen LogP contribution in [0.15, 0.2) is 14.7 Å². The van der Waals surface area contributed by atoms with E-state index in [2.05, 4.69) is 20.1 Å². The van der Waals surface area contributed by atoms with E-state index in [0.717, 1.165) is 10.8 Å². The Morgan fingerprint density at radius 3 is 2.82 bits per heavy atom. The zero-order valence-electron chi connectivity index (χ0n) is 8.71. The second-order valence-electron chi connectivity index (χ2n) is 3.23. The largest absolute Gasteiger partial charge is 0.411 e. The zero-order chi connectivity index (χ0) is 12.6. The lowest BCUT2D eigenvalue weighted by atomic mass is 10.4. The Bertz CT molecular complexity index is 728. The average molecular weight is 236 g/mol. The number of aromatic nitrogens is 4. The normalized spacial score (nSPS) is 11.4. The zero-order valence-corrected chi connectivity index (χ0v) is 8.71. The topological polar surface area (TPSA) is 139 Å². The van der Waals surface area contributed by atoms with Crippen LogP contribution in [0.3, 0.4) is 0 Å². The molecule has 0 radical (unpaired) electrons. The highest BCUT2D eigenvalue weighted by Crippen LogP contribution is 2.07. The number of hydrogen-bond donors (Lipinski definition) is 3. The molecular formula is C8H8N6O3. The Balaban J connectivity index is 2.97. The lowest BCUT2D eigenvalue weighted by molar-refractivity contribution is 0.321. The van der Waals surface area contributed by atoms with Crippen LogP contribution >= 0.6 is 0 Å². The van der Waals surface area contributed by atoms with Crippen LogP contribution < -0.4 is 17.0 Å². The van der Waals surface area contributed by atoms with Gasteiger partial charge in [-0.3, -0.25) is 14.3 Å². The molecule has 2 aromatic rings. The summed E-state index contributed by atoms with van der Waals surface area (Å²) in [5, 5.41) is 11.1. The first-order chi connectivity index (χ1) is 8.04. The number of nitrogens with one attached hydrogen (secondary N) is 1. The first kappa shape index (κ1) is 10.8. The highest BCUT2D eigenvalue weighted by Gasteiger charge is 2.11. The van der Waals surface area contributed by atoms with Gasteiger partial charge in [0.15, 0.2) is 17.0 Å². The van der Waals surface area contributed by atoms with Crippen molar-refractivity contribution >= 4 is 23.2 Å². The number of H-pyrrole nitrogens is 1. The van der Waals surface area contributed by atoms with Crippen molar-refractivity contribution in [2.75, 3.05) is 5.73 Å². The molecule has 2 heterocycles. The number of rotatable bonds is 1. The maximum absolute atomic E-state index is 11.5. The molecule has 0 aliphatic carbocycles. The molecule has 0 aliphatic heterocycles. The van der Waals surface area contributed by atoms with E-state index in [0.29, 0.717) is 0 Å². The standard InChI is InChI=1S/C8H8N6O3/c1-14-6-4(7(15)13-8(14)16)11-3(2-10-17)5(9)12-6/h2,17H,1H3,(H2,9,12)(H,13,15,16)/b10-2+. The Kier molecular flexibility index (Phi) is 2.35. The molecule has 0 bridgehead atoms. The van der Waals surface area contributed by atoms with Gasteiger partial charge in [0, 0.05) is 7.05 Å². The molecule has 0 saturated carbocycles. The van der Waals surface area contributed by atoms with Crippen molar-refractivity contribution in [3.8, 4) is 0 Å². The molecule has 9 nitrogen and oxygen atoms in total. The van der Waals surface area contributed by atoms with Crippen molar-refractivity contribution < 1.29 is 5.21 Å². The van der Waals surface area contributed by atoms with Gasteiger partial charge in [0.2, 0.25) is 0 Å². The van der Waals surface area contributed by atoms with Crippen molar-refractivity contribution in [2.24, 2.45) is 12.2 Å². The smallest absolute Gasteiger partial charge is 0.329 e. The fourth-order valence-corrected chi connectivity index (χ4v) is 1.32.